The molecule has 0 spiro atoms. The number of fused-ring (bicyclic) bond motifs is 1. The Morgan fingerprint density at radius 3 is 2.53 bits per heavy atom. The van der Waals surface area contributed by atoms with Crippen molar-refractivity contribution in [1.29, 1.82) is 0 Å². The second kappa shape index (κ2) is 3.95. The smallest absolute Gasteiger partial charge is 0.199 e. The number of nitrogens with two attached hydrogens (primary N) is 1. The molecule has 0 radical (unpaired) electrons. The molecule has 3 N–H and O–H groups in total. The van der Waals surface area contributed by atoms with E-state index in [0.29, 0.717) is 17.9 Å². The van der Waals surface area contributed by atoms with E-state index in [2.05, 4.69) is 55.3 Å². The van der Waals surface area contributed by atoms with Crippen molar-refractivity contribution in [3.63, 3.8) is 0 Å². The predicted molar refractivity (Wildman–Crippen MR) is 72.4 cm³/mol. The molecule has 1 aromatic rings. The summed E-state index contributed by atoms with van der Waals surface area (Å²) in [7, 11) is 0. The molecule has 0 saturated heterocycles. The maximum absolute atomic E-state index is 5.76. The molecule has 92 valence electrons. The van der Waals surface area contributed by atoms with Crippen LogP contribution in [0.5, 0.6) is 0 Å². The van der Waals surface area contributed by atoms with Crippen molar-refractivity contribution < 1.29 is 0 Å². The minimum absolute atomic E-state index is 0.360. The number of hydrogen-bond donors (Lipinski definition) is 2. The zero-order chi connectivity index (χ0) is 12.7. The molecule has 1 aliphatic heterocycles. The average molecular weight is 232 g/mol. The first-order chi connectivity index (χ1) is 7.91. The van der Waals surface area contributed by atoms with Crippen LogP contribution in [0.25, 0.3) is 5.70 Å². The number of hydrogen-bond acceptors (Lipinski definition) is 3. The molecule has 0 amide bonds. The van der Waals surface area contributed by atoms with Gasteiger partial charge in [0, 0.05) is 23.5 Å². The van der Waals surface area contributed by atoms with Gasteiger partial charge in [0.05, 0.1) is 0 Å². The van der Waals surface area contributed by atoms with Crippen LogP contribution in [0.1, 0.15) is 50.8 Å². The lowest BCUT2D eigenvalue weighted by atomic mass is 10.00. The van der Waals surface area contributed by atoms with Crippen LogP contribution in [0.3, 0.4) is 0 Å². The minimum atomic E-state index is 0.360. The Bertz CT molecular complexity index is 492. The third-order valence-electron chi connectivity index (χ3n) is 3.02. The summed E-state index contributed by atoms with van der Waals surface area (Å²) in [6.45, 7) is 12.7. The number of nitrogens with zero attached hydrogens (tertiary/aromatic N) is 2. The van der Waals surface area contributed by atoms with Crippen molar-refractivity contribution in [3.8, 4) is 0 Å². The van der Waals surface area contributed by atoms with E-state index in [1.165, 1.54) is 5.56 Å². The summed E-state index contributed by atoms with van der Waals surface area (Å²) in [5, 5.41) is 3.00. The van der Waals surface area contributed by atoms with E-state index in [1.807, 2.05) is 0 Å². The fourth-order valence-corrected chi connectivity index (χ4v) is 2.15. The summed E-state index contributed by atoms with van der Waals surface area (Å²) in [5.74, 6) is 1.78. The lowest BCUT2D eigenvalue weighted by Crippen LogP contribution is -2.32. The average Bonchev–Trinajstić information content (AvgIpc) is 2.56. The first kappa shape index (κ1) is 11.8. The standard InChI is InChI=1S/C13H20N4/c1-7(2)10-6-17(8(3)4)12-11(10)9(5)15-13(14)16-12/h6-8H,5H2,1-4H3,(H3,14,15,16). The van der Waals surface area contributed by atoms with Gasteiger partial charge >= 0.3 is 0 Å². The van der Waals surface area contributed by atoms with E-state index < -0.39 is 0 Å². The van der Waals surface area contributed by atoms with Crippen LogP contribution >= 0.6 is 0 Å². The molecule has 0 saturated carbocycles. The normalized spacial score (nSPS) is 14.9. The molecular formula is C13H20N4. The number of rotatable bonds is 2. The summed E-state index contributed by atoms with van der Waals surface area (Å²) in [6.07, 6.45) is 2.16. The fraction of sp³-hybridized carbons (Fsp3) is 0.462. The monoisotopic (exact) mass is 232 g/mol. The van der Waals surface area contributed by atoms with Crippen LogP contribution < -0.4 is 11.1 Å². The lowest BCUT2D eigenvalue weighted by Gasteiger charge is -2.19. The van der Waals surface area contributed by atoms with Gasteiger partial charge in [0.25, 0.3) is 0 Å². The Morgan fingerprint density at radius 2 is 2.00 bits per heavy atom. The molecular weight excluding hydrogens is 212 g/mol. The topological polar surface area (TPSA) is 55.3 Å². The minimum Gasteiger partial charge on any atom is -0.369 e. The second-order valence-corrected chi connectivity index (χ2v) is 5.04. The molecule has 0 aliphatic carbocycles. The van der Waals surface area contributed by atoms with E-state index in [4.69, 9.17) is 5.73 Å². The highest BCUT2D eigenvalue weighted by molar-refractivity contribution is 5.95. The number of nitrogens with one attached hydrogen (secondary N) is 1. The van der Waals surface area contributed by atoms with Gasteiger partial charge in [-0.1, -0.05) is 20.4 Å². The Kier molecular flexibility index (Phi) is 2.73. The first-order valence-electron chi connectivity index (χ1n) is 5.97. The number of guanidine groups is 1. The Balaban J connectivity index is 2.70. The highest BCUT2D eigenvalue weighted by Gasteiger charge is 2.24. The number of aliphatic imine (C=N–C) groups is 1. The summed E-state index contributed by atoms with van der Waals surface area (Å²) in [5.41, 5.74) is 8.97. The van der Waals surface area contributed by atoms with Gasteiger partial charge in [0.2, 0.25) is 0 Å². The molecule has 2 heterocycles. The van der Waals surface area contributed by atoms with Crippen molar-refractivity contribution in [2.75, 3.05) is 0 Å². The molecule has 1 aromatic heterocycles. The molecule has 0 bridgehead atoms. The van der Waals surface area contributed by atoms with E-state index in [-0.39, 0.29) is 0 Å². The van der Waals surface area contributed by atoms with E-state index in [9.17, 15) is 0 Å². The number of aromatic nitrogens is 1. The fourth-order valence-electron chi connectivity index (χ4n) is 2.15. The Morgan fingerprint density at radius 1 is 1.35 bits per heavy atom. The van der Waals surface area contributed by atoms with Crippen molar-refractivity contribution in [3.05, 3.63) is 23.9 Å². The zero-order valence-electron chi connectivity index (χ0n) is 10.9. The van der Waals surface area contributed by atoms with Crippen LogP contribution in [0.4, 0.5) is 5.82 Å². The summed E-state index contributed by atoms with van der Waals surface area (Å²) < 4.78 is 2.16. The molecule has 1 aliphatic rings. The maximum atomic E-state index is 5.76. The van der Waals surface area contributed by atoms with Crippen LogP contribution in [-0.4, -0.2) is 10.5 Å². The van der Waals surface area contributed by atoms with Crippen molar-refractivity contribution in [2.24, 2.45) is 10.7 Å². The Labute approximate surface area is 102 Å². The molecule has 4 nitrogen and oxygen atoms in total. The SMILES string of the molecule is C=C1NC(N)=Nc2c1c(C(C)C)cn2C(C)C. The highest BCUT2D eigenvalue weighted by Crippen LogP contribution is 2.38. The van der Waals surface area contributed by atoms with Gasteiger partial charge in [-0.3, -0.25) is 0 Å². The van der Waals surface area contributed by atoms with Crippen LogP contribution in [0.15, 0.2) is 17.8 Å². The first-order valence-corrected chi connectivity index (χ1v) is 5.97. The summed E-state index contributed by atoms with van der Waals surface area (Å²) in [4.78, 5) is 4.41. The van der Waals surface area contributed by atoms with Crippen molar-refractivity contribution >= 4 is 17.5 Å². The molecule has 0 fully saturated rings. The largest absolute Gasteiger partial charge is 0.369 e. The van der Waals surface area contributed by atoms with E-state index >= 15 is 0 Å². The van der Waals surface area contributed by atoms with E-state index in [1.54, 1.807) is 0 Å². The molecule has 0 aromatic carbocycles. The quantitative estimate of drug-likeness (QED) is 0.823. The summed E-state index contributed by atoms with van der Waals surface area (Å²) >= 11 is 0. The Hall–Kier alpha value is -1.71. The molecule has 4 heteroatoms. The van der Waals surface area contributed by atoms with Crippen molar-refractivity contribution in [1.82, 2.24) is 9.88 Å². The van der Waals surface area contributed by atoms with Gasteiger partial charge in [0.15, 0.2) is 5.96 Å². The lowest BCUT2D eigenvalue weighted by molar-refractivity contribution is 0.604. The van der Waals surface area contributed by atoms with E-state index in [0.717, 1.165) is 17.1 Å². The second-order valence-electron chi connectivity index (χ2n) is 5.04. The zero-order valence-corrected chi connectivity index (χ0v) is 10.9. The van der Waals surface area contributed by atoms with Gasteiger partial charge in [-0.05, 0) is 25.3 Å². The van der Waals surface area contributed by atoms with Gasteiger partial charge < -0.3 is 15.6 Å². The van der Waals surface area contributed by atoms with Gasteiger partial charge in [-0.15, -0.1) is 0 Å². The third-order valence-corrected chi connectivity index (χ3v) is 3.02. The molecule has 17 heavy (non-hydrogen) atoms. The predicted octanol–water partition coefficient (Wildman–Crippen LogP) is 2.71. The van der Waals surface area contributed by atoms with Crippen molar-refractivity contribution in [2.45, 2.75) is 39.7 Å². The van der Waals surface area contributed by atoms with Crippen LogP contribution in [-0.2, 0) is 0 Å². The molecule has 2 rings (SSSR count). The van der Waals surface area contributed by atoms with Gasteiger partial charge in [-0.25, -0.2) is 0 Å². The third kappa shape index (κ3) is 1.84. The highest BCUT2D eigenvalue weighted by atomic mass is 15.2. The maximum Gasteiger partial charge on any atom is 0.199 e. The summed E-state index contributed by atoms with van der Waals surface area (Å²) in [6, 6.07) is 0.360. The van der Waals surface area contributed by atoms with Crippen LogP contribution in [0.2, 0.25) is 0 Å². The van der Waals surface area contributed by atoms with Crippen LogP contribution in [0, 0.1) is 0 Å². The van der Waals surface area contributed by atoms with Gasteiger partial charge in [0.1, 0.15) is 5.82 Å². The molecule has 0 atom stereocenters. The van der Waals surface area contributed by atoms with Gasteiger partial charge in [-0.2, -0.15) is 4.99 Å². The molecule has 0 unspecified atom stereocenters.